The van der Waals surface area contributed by atoms with E-state index in [0.717, 1.165) is 12.2 Å². The van der Waals surface area contributed by atoms with Crippen LogP contribution in [-0.4, -0.2) is 73.6 Å². The molecule has 2 N–H and O–H groups in total. The molecular weight excluding hydrogens is 236 g/mol. The molecule has 0 aromatic rings. The Labute approximate surface area is 118 Å². The molecule has 0 bridgehead atoms. The normalized spacial score (nSPS) is 24.8. The second-order valence-electron chi connectivity index (χ2n) is 5.99. The second kappa shape index (κ2) is 7.88. The van der Waals surface area contributed by atoms with Crippen molar-refractivity contribution in [1.29, 1.82) is 0 Å². The van der Waals surface area contributed by atoms with E-state index in [2.05, 4.69) is 20.8 Å². The highest BCUT2D eigenvalue weighted by atomic mass is 15.3. The van der Waals surface area contributed by atoms with Crippen molar-refractivity contribution in [3.63, 3.8) is 0 Å². The number of nitrogens with zero attached hydrogens (tertiary/aromatic N) is 3. The number of rotatable bonds is 5. The third-order valence-corrected chi connectivity index (χ3v) is 4.32. The first kappa shape index (κ1) is 14.8. The van der Waals surface area contributed by atoms with E-state index in [1.807, 2.05) is 6.92 Å². The van der Waals surface area contributed by atoms with E-state index in [0.29, 0.717) is 0 Å². The Morgan fingerprint density at radius 2 is 1.37 bits per heavy atom. The van der Waals surface area contributed by atoms with Gasteiger partial charge in [0.15, 0.2) is 0 Å². The fourth-order valence-corrected chi connectivity index (χ4v) is 2.93. The summed E-state index contributed by atoms with van der Waals surface area (Å²) in [7, 11) is 0. The molecule has 0 aromatic heterocycles. The highest BCUT2D eigenvalue weighted by Crippen LogP contribution is 2.09. The minimum absolute atomic E-state index is 0.938. The average Bonchev–Trinajstić information content (AvgIpc) is 2.45. The lowest BCUT2D eigenvalue weighted by Gasteiger charge is -2.36. The lowest BCUT2D eigenvalue weighted by Crippen LogP contribution is -2.48. The van der Waals surface area contributed by atoms with Crippen LogP contribution in [-0.2, 0) is 0 Å². The van der Waals surface area contributed by atoms with Crippen LogP contribution >= 0.6 is 0 Å². The maximum Gasteiger partial charge on any atom is 0.0183 e. The van der Waals surface area contributed by atoms with Gasteiger partial charge >= 0.3 is 0 Å². The zero-order valence-corrected chi connectivity index (χ0v) is 12.5. The molecular formula is C15H30N4. The van der Waals surface area contributed by atoms with Crippen LogP contribution in [0.3, 0.4) is 0 Å². The number of allylic oxidation sites excluding steroid dienone is 1. The molecule has 0 unspecified atom stereocenters. The van der Waals surface area contributed by atoms with Crippen molar-refractivity contribution in [2.45, 2.75) is 26.2 Å². The van der Waals surface area contributed by atoms with Gasteiger partial charge < -0.3 is 10.6 Å². The first-order valence-corrected chi connectivity index (χ1v) is 7.83. The van der Waals surface area contributed by atoms with E-state index in [9.17, 15) is 0 Å². The van der Waals surface area contributed by atoms with Gasteiger partial charge in [-0.1, -0.05) is 12.5 Å². The molecule has 2 fully saturated rings. The van der Waals surface area contributed by atoms with Crippen molar-refractivity contribution >= 4 is 0 Å². The summed E-state index contributed by atoms with van der Waals surface area (Å²) >= 11 is 0. The second-order valence-corrected chi connectivity index (χ2v) is 5.99. The number of piperazine rings is 1. The van der Waals surface area contributed by atoms with E-state index in [4.69, 9.17) is 5.73 Å². The molecule has 0 saturated carbocycles. The van der Waals surface area contributed by atoms with Crippen molar-refractivity contribution in [2.75, 3.05) is 58.9 Å². The summed E-state index contributed by atoms with van der Waals surface area (Å²) < 4.78 is 0. The molecule has 4 heteroatoms. The number of hydrogen-bond donors (Lipinski definition) is 1. The number of likely N-dealkylation sites (tertiary alicyclic amines) is 1. The molecule has 0 aliphatic carbocycles. The largest absolute Gasteiger partial charge is 0.402 e. The molecule has 2 rings (SSSR count). The minimum Gasteiger partial charge on any atom is -0.402 e. The van der Waals surface area contributed by atoms with Crippen LogP contribution in [0.4, 0.5) is 0 Å². The van der Waals surface area contributed by atoms with Gasteiger partial charge in [0.2, 0.25) is 0 Å². The Morgan fingerprint density at radius 3 is 1.95 bits per heavy atom. The molecule has 0 aromatic carbocycles. The third kappa shape index (κ3) is 5.51. The van der Waals surface area contributed by atoms with E-state index in [1.165, 1.54) is 71.6 Å². The van der Waals surface area contributed by atoms with Crippen LogP contribution in [0.1, 0.15) is 26.2 Å². The van der Waals surface area contributed by atoms with Gasteiger partial charge in [-0.3, -0.25) is 9.80 Å². The topological polar surface area (TPSA) is 35.7 Å². The molecule has 0 spiro atoms. The zero-order chi connectivity index (χ0) is 13.5. The summed E-state index contributed by atoms with van der Waals surface area (Å²) in [6.07, 6.45) is 6.36. The summed E-state index contributed by atoms with van der Waals surface area (Å²) in [6.45, 7) is 12.9. The minimum atomic E-state index is 0.938. The summed E-state index contributed by atoms with van der Waals surface area (Å²) in [4.78, 5) is 7.74. The van der Waals surface area contributed by atoms with Gasteiger partial charge in [0.05, 0.1) is 0 Å². The van der Waals surface area contributed by atoms with Gasteiger partial charge in [-0.25, -0.2) is 0 Å². The molecule has 2 aliphatic heterocycles. The van der Waals surface area contributed by atoms with Crippen molar-refractivity contribution < 1.29 is 0 Å². The molecule has 0 atom stereocenters. The first-order valence-electron chi connectivity index (χ1n) is 7.83. The van der Waals surface area contributed by atoms with Gasteiger partial charge in [-0.2, -0.15) is 0 Å². The fourth-order valence-electron chi connectivity index (χ4n) is 2.93. The van der Waals surface area contributed by atoms with Gasteiger partial charge in [-0.15, -0.1) is 0 Å². The molecule has 4 nitrogen and oxygen atoms in total. The van der Waals surface area contributed by atoms with Crippen LogP contribution in [0.5, 0.6) is 0 Å². The van der Waals surface area contributed by atoms with Crippen molar-refractivity contribution in [2.24, 2.45) is 5.73 Å². The van der Waals surface area contributed by atoms with E-state index in [-0.39, 0.29) is 0 Å². The van der Waals surface area contributed by atoms with Gasteiger partial charge in [-0.05, 0) is 32.9 Å². The molecule has 110 valence electrons. The Hall–Kier alpha value is -0.580. The standard InChI is InChI=1S/C15H30N4/c1-15(16)5-8-18-10-13-19(14-11-18)12-9-17-6-3-2-4-7-17/h5H,2-4,6-14,16H2,1H3/b15-5+. The summed E-state index contributed by atoms with van der Waals surface area (Å²) in [6, 6.07) is 0. The monoisotopic (exact) mass is 266 g/mol. The van der Waals surface area contributed by atoms with Crippen LogP contribution in [0, 0.1) is 0 Å². The predicted octanol–water partition coefficient (Wildman–Crippen LogP) is 0.952. The maximum absolute atomic E-state index is 5.69. The highest BCUT2D eigenvalue weighted by molar-refractivity contribution is 4.94. The van der Waals surface area contributed by atoms with Crippen LogP contribution < -0.4 is 5.73 Å². The quantitative estimate of drug-likeness (QED) is 0.804. The molecule has 2 heterocycles. The van der Waals surface area contributed by atoms with Crippen molar-refractivity contribution in [1.82, 2.24) is 14.7 Å². The average molecular weight is 266 g/mol. The molecule has 0 radical (unpaired) electrons. The Balaban J connectivity index is 1.59. The summed E-state index contributed by atoms with van der Waals surface area (Å²) in [5, 5.41) is 0. The highest BCUT2D eigenvalue weighted by Gasteiger charge is 2.17. The third-order valence-electron chi connectivity index (χ3n) is 4.32. The molecule has 19 heavy (non-hydrogen) atoms. The van der Waals surface area contributed by atoms with E-state index < -0.39 is 0 Å². The number of piperidine rings is 1. The van der Waals surface area contributed by atoms with Crippen LogP contribution in [0.15, 0.2) is 11.8 Å². The van der Waals surface area contributed by atoms with Crippen molar-refractivity contribution in [3.8, 4) is 0 Å². The maximum atomic E-state index is 5.69. The Bertz CT molecular complexity index is 272. The summed E-state index contributed by atoms with van der Waals surface area (Å²) in [5.41, 5.74) is 6.62. The lowest BCUT2D eigenvalue weighted by atomic mass is 10.1. The molecule has 0 amide bonds. The lowest BCUT2D eigenvalue weighted by molar-refractivity contribution is 0.121. The SMILES string of the molecule is C/C(N)=C\CN1CCN(CCN2CCCCC2)CC1. The van der Waals surface area contributed by atoms with Gasteiger partial charge in [0, 0.05) is 51.5 Å². The smallest absolute Gasteiger partial charge is 0.0183 e. The van der Waals surface area contributed by atoms with Gasteiger partial charge in [0.25, 0.3) is 0 Å². The number of nitrogens with two attached hydrogens (primary N) is 1. The molecule has 2 saturated heterocycles. The van der Waals surface area contributed by atoms with Gasteiger partial charge in [0.1, 0.15) is 0 Å². The van der Waals surface area contributed by atoms with Crippen LogP contribution in [0.2, 0.25) is 0 Å². The first-order chi connectivity index (χ1) is 9.24. The predicted molar refractivity (Wildman–Crippen MR) is 81.1 cm³/mol. The zero-order valence-electron chi connectivity index (χ0n) is 12.5. The van der Waals surface area contributed by atoms with E-state index >= 15 is 0 Å². The Kier molecular flexibility index (Phi) is 6.14. The number of hydrogen-bond acceptors (Lipinski definition) is 4. The summed E-state index contributed by atoms with van der Waals surface area (Å²) in [5.74, 6) is 0. The Morgan fingerprint density at radius 1 is 0.842 bits per heavy atom. The molecule has 2 aliphatic rings. The van der Waals surface area contributed by atoms with E-state index in [1.54, 1.807) is 0 Å². The fraction of sp³-hybridized carbons (Fsp3) is 0.867. The van der Waals surface area contributed by atoms with Crippen molar-refractivity contribution in [3.05, 3.63) is 11.8 Å². The van der Waals surface area contributed by atoms with Crippen LogP contribution in [0.25, 0.3) is 0 Å².